The van der Waals surface area contributed by atoms with Crippen LogP contribution in [0.1, 0.15) is 5.56 Å². The molecule has 0 saturated heterocycles. The monoisotopic (exact) mass is 353 g/mol. The summed E-state index contributed by atoms with van der Waals surface area (Å²) in [5, 5.41) is 3.41. The number of nitrogens with one attached hydrogen (secondary N) is 1. The number of hydrogen-bond acceptors (Lipinski definition) is 2. The van der Waals surface area contributed by atoms with Gasteiger partial charge in [-0.3, -0.25) is 4.79 Å². The maximum atomic E-state index is 12.1. The first-order valence-corrected chi connectivity index (χ1v) is 7.14. The maximum absolute atomic E-state index is 12.1. The minimum absolute atomic E-state index is 0.140. The molecular formula is C15H13BrClNO2. The molecule has 0 aliphatic heterocycles. The van der Waals surface area contributed by atoms with Gasteiger partial charge in [-0.05, 0) is 29.8 Å². The number of hydrogen-bond donors (Lipinski definition) is 1. The molecule has 0 spiro atoms. The van der Waals surface area contributed by atoms with E-state index in [0.717, 1.165) is 10.0 Å². The Morgan fingerprint density at radius 2 is 2.05 bits per heavy atom. The van der Waals surface area contributed by atoms with Crippen LogP contribution in [0.3, 0.4) is 0 Å². The number of benzene rings is 2. The van der Waals surface area contributed by atoms with E-state index < -0.39 is 0 Å². The molecular weight excluding hydrogens is 342 g/mol. The lowest BCUT2D eigenvalue weighted by Gasteiger charge is -2.11. The fourth-order valence-corrected chi connectivity index (χ4v) is 2.32. The van der Waals surface area contributed by atoms with Crippen LogP contribution in [0.5, 0.6) is 5.75 Å². The molecule has 20 heavy (non-hydrogen) atoms. The van der Waals surface area contributed by atoms with Crippen LogP contribution in [-0.2, 0) is 11.2 Å². The lowest BCUT2D eigenvalue weighted by molar-refractivity contribution is -0.115. The Bertz CT molecular complexity index is 631. The Morgan fingerprint density at radius 3 is 2.75 bits per heavy atom. The molecule has 0 fully saturated rings. The van der Waals surface area contributed by atoms with Crippen molar-refractivity contribution >= 4 is 39.1 Å². The van der Waals surface area contributed by atoms with Crippen LogP contribution in [0.4, 0.5) is 5.69 Å². The number of carbonyl (C=O) groups excluding carboxylic acids is 1. The van der Waals surface area contributed by atoms with Gasteiger partial charge in [0.15, 0.2) is 0 Å². The smallest absolute Gasteiger partial charge is 0.228 e. The Kier molecular flexibility index (Phi) is 5.04. The highest BCUT2D eigenvalue weighted by atomic mass is 79.9. The molecule has 1 N–H and O–H groups in total. The Hall–Kier alpha value is -1.52. The van der Waals surface area contributed by atoms with E-state index in [9.17, 15) is 4.79 Å². The van der Waals surface area contributed by atoms with Gasteiger partial charge in [0.1, 0.15) is 5.75 Å². The zero-order chi connectivity index (χ0) is 14.5. The summed E-state index contributed by atoms with van der Waals surface area (Å²) in [6, 6.07) is 12.7. The highest BCUT2D eigenvalue weighted by Crippen LogP contribution is 2.28. The first kappa shape index (κ1) is 14.9. The average molecular weight is 355 g/mol. The quantitative estimate of drug-likeness (QED) is 0.889. The zero-order valence-electron chi connectivity index (χ0n) is 10.8. The van der Waals surface area contributed by atoms with Gasteiger partial charge in [0.05, 0.1) is 19.2 Å². The van der Waals surface area contributed by atoms with E-state index in [1.807, 2.05) is 24.3 Å². The molecule has 2 aromatic carbocycles. The zero-order valence-corrected chi connectivity index (χ0v) is 13.2. The van der Waals surface area contributed by atoms with E-state index in [2.05, 4.69) is 21.2 Å². The third-order valence-electron chi connectivity index (χ3n) is 2.75. The second-order valence-corrected chi connectivity index (χ2v) is 5.48. The number of carbonyl (C=O) groups is 1. The van der Waals surface area contributed by atoms with Gasteiger partial charge in [-0.1, -0.05) is 45.7 Å². The lowest BCUT2D eigenvalue weighted by Crippen LogP contribution is -2.15. The molecule has 0 bridgehead atoms. The van der Waals surface area contributed by atoms with Crippen LogP contribution in [0.2, 0.25) is 5.02 Å². The molecule has 0 heterocycles. The molecule has 0 aliphatic rings. The van der Waals surface area contributed by atoms with Crippen molar-refractivity contribution in [2.24, 2.45) is 0 Å². The van der Waals surface area contributed by atoms with Gasteiger partial charge in [-0.2, -0.15) is 0 Å². The Labute approximate surface area is 131 Å². The Morgan fingerprint density at radius 1 is 1.30 bits per heavy atom. The van der Waals surface area contributed by atoms with E-state index in [1.54, 1.807) is 25.3 Å². The molecule has 104 valence electrons. The number of halogens is 2. The number of methoxy groups -OCH3 is 1. The van der Waals surface area contributed by atoms with Crippen LogP contribution in [-0.4, -0.2) is 13.0 Å². The number of rotatable bonds is 4. The van der Waals surface area contributed by atoms with Gasteiger partial charge in [-0.15, -0.1) is 0 Å². The van der Waals surface area contributed by atoms with Crippen molar-refractivity contribution in [2.45, 2.75) is 6.42 Å². The largest absolute Gasteiger partial charge is 0.495 e. The summed E-state index contributed by atoms with van der Waals surface area (Å²) in [5.74, 6) is 0.464. The number of anilines is 1. The van der Waals surface area contributed by atoms with Crippen LogP contribution < -0.4 is 10.1 Å². The first-order chi connectivity index (χ1) is 9.60. The standard InChI is InChI=1S/C15H13BrClNO2/c1-20-14-9-11(16)6-7-13(14)18-15(19)8-10-4-2-3-5-12(10)17/h2-7,9H,8H2,1H3,(H,18,19). The third-order valence-corrected chi connectivity index (χ3v) is 3.61. The second kappa shape index (κ2) is 6.77. The van der Waals surface area contributed by atoms with Crippen molar-refractivity contribution in [1.29, 1.82) is 0 Å². The molecule has 0 radical (unpaired) electrons. The molecule has 2 aromatic rings. The fraction of sp³-hybridized carbons (Fsp3) is 0.133. The molecule has 0 atom stereocenters. The average Bonchev–Trinajstić information content (AvgIpc) is 2.43. The first-order valence-electron chi connectivity index (χ1n) is 5.97. The third kappa shape index (κ3) is 3.74. The van der Waals surface area contributed by atoms with Crippen LogP contribution >= 0.6 is 27.5 Å². The van der Waals surface area contributed by atoms with Crippen molar-refractivity contribution < 1.29 is 9.53 Å². The summed E-state index contributed by atoms with van der Waals surface area (Å²) in [5.41, 5.74) is 1.43. The SMILES string of the molecule is COc1cc(Br)ccc1NC(=O)Cc1ccccc1Cl. The van der Waals surface area contributed by atoms with Crippen LogP contribution in [0.25, 0.3) is 0 Å². The second-order valence-electron chi connectivity index (χ2n) is 4.16. The minimum Gasteiger partial charge on any atom is -0.495 e. The molecule has 3 nitrogen and oxygen atoms in total. The number of ether oxygens (including phenoxy) is 1. The van der Waals surface area contributed by atoms with Crippen molar-refractivity contribution in [1.82, 2.24) is 0 Å². The summed E-state index contributed by atoms with van der Waals surface area (Å²) in [6.07, 6.45) is 0.221. The molecule has 0 unspecified atom stereocenters. The highest BCUT2D eigenvalue weighted by molar-refractivity contribution is 9.10. The topological polar surface area (TPSA) is 38.3 Å². The predicted octanol–water partition coefficient (Wildman–Crippen LogP) is 4.29. The maximum Gasteiger partial charge on any atom is 0.228 e. The summed E-state index contributed by atoms with van der Waals surface area (Å²) in [4.78, 5) is 12.1. The molecule has 2 rings (SSSR count). The van der Waals surface area contributed by atoms with Crippen molar-refractivity contribution in [3.8, 4) is 5.75 Å². The fourth-order valence-electron chi connectivity index (χ4n) is 1.78. The summed E-state index contributed by atoms with van der Waals surface area (Å²) < 4.78 is 6.12. The lowest BCUT2D eigenvalue weighted by atomic mass is 10.1. The van der Waals surface area contributed by atoms with E-state index in [1.165, 1.54) is 0 Å². The molecule has 0 saturated carbocycles. The van der Waals surface area contributed by atoms with Crippen molar-refractivity contribution in [2.75, 3.05) is 12.4 Å². The van der Waals surface area contributed by atoms with Gasteiger partial charge in [0.25, 0.3) is 0 Å². The van der Waals surface area contributed by atoms with E-state index in [0.29, 0.717) is 16.5 Å². The predicted molar refractivity (Wildman–Crippen MR) is 84.5 cm³/mol. The van der Waals surface area contributed by atoms with Crippen LogP contribution in [0, 0.1) is 0 Å². The summed E-state index contributed by atoms with van der Waals surface area (Å²) >= 11 is 9.40. The van der Waals surface area contributed by atoms with Crippen molar-refractivity contribution in [3.05, 3.63) is 57.5 Å². The van der Waals surface area contributed by atoms with Gasteiger partial charge < -0.3 is 10.1 Å². The molecule has 5 heteroatoms. The van der Waals surface area contributed by atoms with Crippen LogP contribution in [0.15, 0.2) is 46.9 Å². The molecule has 0 aliphatic carbocycles. The van der Waals surface area contributed by atoms with Gasteiger partial charge in [-0.25, -0.2) is 0 Å². The van der Waals surface area contributed by atoms with Crippen molar-refractivity contribution in [3.63, 3.8) is 0 Å². The van der Waals surface area contributed by atoms with Gasteiger partial charge >= 0.3 is 0 Å². The van der Waals surface area contributed by atoms with E-state index >= 15 is 0 Å². The molecule has 0 aromatic heterocycles. The van der Waals surface area contributed by atoms with E-state index in [4.69, 9.17) is 16.3 Å². The highest BCUT2D eigenvalue weighted by Gasteiger charge is 2.10. The summed E-state index contributed by atoms with van der Waals surface area (Å²) in [6.45, 7) is 0. The van der Waals surface area contributed by atoms with Gasteiger partial charge in [0, 0.05) is 9.50 Å². The molecule has 1 amide bonds. The summed E-state index contributed by atoms with van der Waals surface area (Å²) in [7, 11) is 1.56. The minimum atomic E-state index is -0.140. The number of amides is 1. The van der Waals surface area contributed by atoms with E-state index in [-0.39, 0.29) is 12.3 Å². The Balaban J connectivity index is 2.11. The normalized spacial score (nSPS) is 10.2. The van der Waals surface area contributed by atoms with Gasteiger partial charge in [0.2, 0.25) is 5.91 Å².